The van der Waals surface area contributed by atoms with E-state index in [1.807, 2.05) is 6.07 Å². The molecule has 0 spiro atoms. The summed E-state index contributed by atoms with van der Waals surface area (Å²) in [7, 11) is 0. The van der Waals surface area contributed by atoms with Gasteiger partial charge in [-0.1, -0.05) is 0 Å². The Hall–Kier alpha value is -3.44. The van der Waals surface area contributed by atoms with E-state index in [0.717, 1.165) is 16.9 Å². The maximum atomic E-state index is 9.27. The van der Waals surface area contributed by atoms with Crippen molar-refractivity contribution in [3.63, 3.8) is 0 Å². The van der Waals surface area contributed by atoms with Crippen molar-refractivity contribution in [3.8, 4) is 11.8 Å². The number of rotatable bonds is 2. The van der Waals surface area contributed by atoms with Crippen molar-refractivity contribution in [2.45, 2.75) is 0 Å². The second-order valence-electron chi connectivity index (χ2n) is 4.94. The molecular formula is C16H8N6OS. The van der Waals surface area contributed by atoms with Crippen molar-refractivity contribution >= 4 is 44.8 Å². The lowest BCUT2D eigenvalue weighted by atomic mass is 10.2. The predicted octanol–water partition coefficient (Wildman–Crippen LogP) is 4.23. The quantitative estimate of drug-likeness (QED) is 0.553. The minimum Gasteiger partial charge on any atom is -0.508 e. The van der Waals surface area contributed by atoms with E-state index in [2.05, 4.69) is 30.9 Å². The molecule has 0 radical (unpaired) electrons. The van der Waals surface area contributed by atoms with Crippen LogP contribution in [0.25, 0.3) is 21.9 Å². The molecule has 0 unspecified atom stereocenters. The number of hydrogen-bond acceptors (Lipinski definition) is 8. The van der Waals surface area contributed by atoms with Gasteiger partial charge in [0, 0.05) is 5.39 Å². The zero-order chi connectivity index (χ0) is 16.5. The SMILES string of the molecule is N#Cc1snc2c1nnc1ccc(/N=N/c3ccc(O)cc3)cc12. The highest BCUT2D eigenvalue weighted by Crippen LogP contribution is 2.29. The van der Waals surface area contributed by atoms with Crippen LogP contribution in [0, 0.1) is 11.3 Å². The predicted molar refractivity (Wildman–Crippen MR) is 89.7 cm³/mol. The summed E-state index contributed by atoms with van der Waals surface area (Å²) < 4.78 is 4.30. The average Bonchev–Trinajstić information content (AvgIpc) is 3.04. The van der Waals surface area contributed by atoms with E-state index in [9.17, 15) is 5.11 Å². The van der Waals surface area contributed by atoms with Crippen LogP contribution in [0.2, 0.25) is 0 Å². The van der Waals surface area contributed by atoms with Gasteiger partial charge in [-0.25, -0.2) is 0 Å². The molecule has 0 atom stereocenters. The molecule has 0 aliphatic heterocycles. The number of nitrogens with zero attached hydrogens (tertiary/aromatic N) is 6. The van der Waals surface area contributed by atoms with E-state index in [4.69, 9.17) is 5.26 Å². The normalized spacial score (nSPS) is 11.3. The third-order valence-electron chi connectivity index (χ3n) is 3.39. The molecule has 0 saturated carbocycles. The van der Waals surface area contributed by atoms with Crippen molar-refractivity contribution < 1.29 is 5.11 Å². The van der Waals surface area contributed by atoms with Crippen LogP contribution in [-0.4, -0.2) is 19.7 Å². The molecular weight excluding hydrogens is 324 g/mol. The highest BCUT2D eigenvalue weighted by molar-refractivity contribution is 7.07. The number of phenolic OH excluding ortho intramolecular Hbond substituents is 1. The van der Waals surface area contributed by atoms with E-state index in [1.54, 1.807) is 36.4 Å². The lowest BCUT2D eigenvalue weighted by Gasteiger charge is -1.99. The van der Waals surface area contributed by atoms with E-state index in [0.29, 0.717) is 32.8 Å². The van der Waals surface area contributed by atoms with Gasteiger partial charge >= 0.3 is 0 Å². The van der Waals surface area contributed by atoms with Crippen LogP contribution in [0.3, 0.4) is 0 Å². The van der Waals surface area contributed by atoms with Crippen LogP contribution < -0.4 is 0 Å². The van der Waals surface area contributed by atoms with Crippen LogP contribution in [-0.2, 0) is 0 Å². The fraction of sp³-hybridized carbons (Fsp3) is 0. The topological polar surface area (TPSA) is 107 Å². The molecule has 0 fully saturated rings. The summed E-state index contributed by atoms with van der Waals surface area (Å²) in [6, 6.07) is 13.9. The fourth-order valence-corrected chi connectivity index (χ4v) is 2.86. The summed E-state index contributed by atoms with van der Waals surface area (Å²) >= 11 is 1.10. The molecule has 114 valence electrons. The summed E-state index contributed by atoms with van der Waals surface area (Å²) in [5.41, 5.74) is 3.09. The molecule has 1 N–H and O–H groups in total. The van der Waals surface area contributed by atoms with Crippen LogP contribution in [0.5, 0.6) is 5.75 Å². The molecule has 0 aliphatic rings. The zero-order valence-electron chi connectivity index (χ0n) is 12.1. The molecule has 8 heteroatoms. The van der Waals surface area contributed by atoms with Gasteiger partial charge in [-0.05, 0) is 54.0 Å². The molecule has 2 aromatic carbocycles. The first-order valence-corrected chi connectivity index (χ1v) is 7.68. The van der Waals surface area contributed by atoms with Gasteiger partial charge < -0.3 is 5.11 Å². The van der Waals surface area contributed by atoms with Crippen molar-refractivity contribution in [3.05, 3.63) is 47.3 Å². The Morgan fingerprint density at radius 2 is 1.71 bits per heavy atom. The zero-order valence-corrected chi connectivity index (χ0v) is 12.9. The van der Waals surface area contributed by atoms with E-state index in [-0.39, 0.29) is 5.75 Å². The molecule has 7 nitrogen and oxygen atoms in total. The van der Waals surface area contributed by atoms with Gasteiger partial charge in [-0.3, -0.25) is 0 Å². The molecule has 0 aliphatic carbocycles. The minimum absolute atomic E-state index is 0.178. The number of phenols is 1. The molecule has 4 aromatic rings. The van der Waals surface area contributed by atoms with Crippen LogP contribution in [0.4, 0.5) is 11.4 Å². The van der Waals surface area contributed by atoms with Crippen LogP contribution in [0.15, 0.2) is 52.7 Å². The minimum atomic E-state index is 0.178. The van der Waals surface area contributed by atoms with Gasteiger partial charge in [-0.2, -0.15) is 19.9 Å². The number of aromatic nitrogens is 3. The number of hydrogen-bond donors (Lipinski definition) is 1. The van der Waals surface area contributed by atoms with Crippen molar-refractivity contribution in [2.24, 2.45) is 10.2 Å². The molecule has 24 heavy (non-hydrogen) atoms. The van der Waals surface area contributed by atoms with Gasteiger partial charge in [0.05, 0.1) is 16.9 Å². The van der Waals surface area contributed by atoms with Crippen molar-refractivity contribution in [2.75, 3.05) is 0 Å². The highest BCUT2D eigenvalue weighted by Gasteiger charge is 2.12. The molecule has 0 amide bonds. The summed E-state index contributed by atoms with van der Waals surface area (Å²) in [5.74, 6) is 0.178. The summed E-state index contributed by atoms with van der Waals surface area (Å²) in [6.07, 6.45) is 0. The van der Waals surface area contributed by atoms with Gasteiger partial charge in [0.25, 0.3) is 0 Å². The Kier molecular flexibility index (Phi) is 3.33. The van der Waals surface area contributed by atoms with Crippen molar-refractivity contribution in [1.82, 2.24) is 14.6 Å². The van der Waals surface area contributed by atoms with Crippen molar-refractivity contribution in [1.29, 1.82) is 5.26 Å². The Labute approximate surface area is 139 Å². The van der Waals surface area contributed by atoms with Gasteiger partial charge in [-0.15, -0.1) is 10.2 Å². The van der Waals surface area contributed by atoms with Crippen LogP contribution >= 0.6 is 11.5 Å². The summed E-state index contributed by atoms with van der Waals surface area (Å²) in [4.78, 5) is 0.440. The lowest BCUT2D eigenvalue weighted by Crippen LogP contribution is -1.86. The van der Waals surface area contributed by atoms with E-state index < -0.39 is 0 Å². The standard InChI is InChI=1S/C16H8N6OS/c17-8-14-16-15(22-24-14)12-7-10(3-6-13(12)20-21-16)19-18-9-1-4-11(23)5-2-9/h1-7,23H/b19-18+. The molecule has 2 heterocycles. The Balaban J connectivity index is 1.79. The highest BCUT2D eigenvalue weighted by atomic mass is 32.1. The average molecular weight is 332 g/mol. The van der Waals surface area contributed by atoms with E-state index in [1.165, 1.54) is 0 Å². The summed E-state index contributed by atoms with van der Waals surface area (Å²) in [5, 5.41) is 35.7. The second-order valence-corrected chi connectivity index (χ2v) is 5.71. The Morgan fingerprint density at radius 3 is 2.50 bits per heavy atom. The monoisotopic (exact) mass is 332 g/mol. The number of nitriles is 1. The smallest absolute Gasteiger partial charge is 0.153 e. The number of aromatic hydroxyl groups is 1. The van der Waals surface area contributed by atoms with E-state index >= 15 is 0 Å². The third-order valence-corrected chi connectivity index (χ3v) is 4.13. The fourth-order valence-electron chi connectivity index (χ4n) is 2.23. The maximum absolute atomic E-state index is 9.27. The first kappa shape index (κ1) is 14.2. The van der Waals surface area contributed by atoms with Gasteiger partial charge in [0.15, 0.2) is 4.88 Å². The number of benzene rings is 2. The molecule has 2 aromatic heterocycles. The van der Waals surface area contributed by atoms with Gasteiger partial charge in [0.1, 0.15) is 22.9 Å². The van der Waals surface area contributed by atoms with Crippen LogP contribution in [0.1, 0.15) is 4.88 Å². The number of azo groups is 1. The lowest BCUT2D eigenvalue weighted by molar-refractivity contribution is 0.475. The number of fused-ring (bicyclic) bond motifs is 3. The second kappa shape index (κ2) is 5.64. The first-order valence-electron chi connectivity index (χ1n) is 6.91. The molecule has 4 rings (SSSR count). The Morgan fingerprint density at radius 1 is 0.958 bits per heavy atom. The summed E-state index contributed by atoms with van der Waals surface area (Å²) in [6.45, 7) is 0. The largest absolute Gasteiger partial charge is 0.508 e. The Bertz CT molecular complexity index is 1130. The molecule has 0 saturated heterocycles. The third kappa shape index (κ3) is 2.43. The van der Waals surface area contributed by atoms with Gasteiger partial charge in [0.2, 0.25) is 0 Å². The maximum Gasteiger partial charge on any atom is 0.153 e. The first-order chi connectivity index (χ1) is 11.7. The molecule has 0 bridgehead atoms.